The molecule has 0 aliphatic carbocycles. The van der Waals surface area contributed by atoms with E-state index in [0.717, 1.165) is 26.7 Å². The van der Waals surface area contributed by atoms with E-state index in [4.69, 9.17) is 23.2 Å². The van der Waals surface area contributed by atoms with Crippen LogP contribution in [0.15, 0.2) is 46.2 Å². The summed E-state index contributed by atoms with van der Waals surface area (Å²) in [5.41, 5.74) is 2.69. The molecule has 0 radical (unpaired) electrons. The van der Waals surface area contributed by atoms with Gasteiger partial charge in [-0.2, -0.15) is 5.10 Å². The first-order valence-electron chi connectivity index (χ1n) is 8.11. The second kappa shape index (κ2) is 7.92. The number of halogens is 2. The Kier molecular flexibility index (Phi) is 5.79. The Balaban J connectivity index is 1.98. The predicted octanol–water partition coefficient (Wildman–Crippen LogP) is 4.56. The van der Waals surface area contributed by atoms with Gasteiger partial charge in [-0.1, -0.05) is 29.3 Å². The van der Waals surface area contributed by atoms with E-state index in [9.17, 15) is 9.59 Å². The quantitative estimate of drug-likeness (QED) is 0.447. The van der Waals surface area contributed by atoms with Gasteiger partial charge in [0.2, 0.25) is 0 Å². The summed E-state index contributed by atoms with van der Waals surface area (Å²) < 4.78 is 3.05. The number of hydrogen-bond donors (Lipinski definition) is 0. The van der Waals surface area contributed by atoms with E-state index in [2.05, 4.69) is 11.2 Å². The molecule has 140 valence electrons. The lowest BCUT2D eigenvalue weighted by atomic mass is 10.1. The van der Waals surface area contributed by atoms with Gasteiger partial charge >= 0.3 is 0 Å². The summed E-state index contributed by atoms with van der Waals surface area (Å²) in [7, 11) is 0. The van der Waals surface area contributed by atoms with Crippen molar-refractivity contribution in [1.82, 2.24) is 14.3 Å². The number of hydrogen-bond acceptors (Lipinski definition) is 4. The van der Waals surface area contributed by atoms with Crippen molar-refractivity contribution < 1.29 is 4.79 Å². The van der Waals surface area contributed by atoms with E-state index in [1.165, 1.54) is 6.20 Å². The van der Waals surface area contributed by atoms with Gasteiger partial charge in [0.15, 0.2) is 5.78 Å². The summed E-state index contributed by atoms with van der Waals surface area (Å²) in [6, 6.07) is 9.92. The lowest BCUT2D eigenvalue weighted by Gasteiger charge is -2.11. The molecule has 0 aliphatic rings. The van der Waals surface area contributed by atoms with Crippen LogP contribution in [0.2, 0.25) is 10.0 Å². The van der Waals surface area contributed by atoms with Crippen LogP contribution in [-0.2, 0) is 6.54 Å². The number of nitrogens with zero attached hydrogens (tertiary/aromatic N) is 3. The minimum absolute atomic E-state index is 0.0669. The molecule has 3 aromatic rings. The molecule has 2 heterocycles. The highest BCUT2D eigenvalue weighted by Gasteiger charge is 2.19. The highest BCUT2D eigenvalue weighted by Crippen LogP contribution is 2.25. The molecule has 5 nitrogen and oxygen atoms in total. The summed E-state index contributed by atoms with van der Waals surface area (Å²) in [5.74, 6) is -0.219. The molecular formula is C19H17Cl2N3O2S. The molecular weight excluding hydrogens is 405 g/mol. The Morgan fingerprint density at radius 1 is 1.22 bits per heavy atom. The summed E-state index contributed by atoms with van der Waals surface area (Å²) in [4.78, 5) is 26.1. The third-order valence-electron chi connectivity index (χ3n) is 4.28. The Bertz CT molecular complexity index is 1090. The number of benzene rings is 1. The lowest BCUT2D eigenvalue weighted by molar-refractivity contribution is 0.0965. The van der Waals surface area contributed by atoms with Crippen LogP contribution in [-0.4, -0.2) is 26.4 Å². The minimum atomic E-state index is -0.584. The maximum absolute atomic E-state index is 12.8. The number of carbonyl (C=O) groups is 1. The number of aryl methyl sites for hydroxylation is 1. The van der Waals surface area contributed by atoms with E-state index >= 15 is 0 Å². The van der Waals surface area contributed by atoms with Crippen molar-refractivity contribution in [3.63, 3.8) is 0 Å². The zero-order valence-corrected chi connectivity index (χ0v) is 17.3. The molecule has 2 aromatic heterocycles. The second-order valence-electron chi connectivity index (χ2n) is 6.01. The van der Waals surface area contributed by atoms with Gasteiger partial charge in [0.1, 0.15) is 11.6 Å². The van der Waals surface area contributed by atoms with Crippen molar-refractivity contribution >= 4 is 40.7 Å². The SMILES string of the molecule is CSc1cccc(-n2c(C)cc(C(=O)Cn3ncc(Cl)c(Cl)c3=O)c2C)c1. The molecule has 3 rings (SSSR count). The molecule has 0 bridgehead atoms. The van der Waals surface area contributed by atoms with Crippen molar-refractivity contribution in [3.8, 4) is 5.69 Å². The van der Waals surface area contributed by atoms with E-state index < -0.39 is 5.56 Å². The second-order valence-corrected chi connectivity index (χ2v) is 7.68. The molecule has 8 heteroatoms. The van der Waals surface area contributed by atoms with E-state index in [-0.39, 0.29) is 22.4 Å². The number of rotatable bonds is 5. The van der Waals surface area contributed by atoms with Crippen molar-refractivity contribution in [3.05, 3.63) is 73.9 Å². The number of thioether (sulfide) groups is 1. The Morgan fingerprint density at radius 2 is 1.96 bits per heavy atom. The maximum atomic E-state index is 12.8. The van der Waals surface area contributed by atoms with Crippen LogP contribution in [0.4, 0.5) is 0 Å². The van der Waals surface area contributed by atoms with Gasteiger partial charge in [-0.3, -0.25) is 9.59 Å². The lowest BCUT2D eigenvalue weighted by Crippen LogP contribution is -2.27. The van der Waals surface area contributed by atoms with E-state index in [0.29, 0.717) is 5.56 Å². The molecule has 0 aliphatic heterocycles. The molecule has 0 atom stereocenters. The largest absolute Gasteiger partial charge is 0.318 e. The van der Waals surface area contributed by atoms with Crippen LogP contribution >= 0.6 is 35.0 Å². The molecule has 0 fully saturated rings. The Morgan fingerprint density at radius 3 is 2.67 bits per heavy atom. The van der Waals surface area contributed by atoms with Gasteiger partial charge in [0, 0.05) is 27.5 Å². The average molecular weight is 422 g/mol. The minimum Gasteiger partial charge on any atom is -0.318 e. The topological polar surface area (TPSA) is 56.9 Å². The Hall–Kier alpha value is -2.02. The van der Waals surface area contributed by atoms with E-state index in [1.807, 2.05) is 48.9 Å². The normalized spacial score (nSPS) is 11.0. The van der Waals surface area contributed by atoms with Crippen LogP contribution in [0.3, 0.4) is 0 Å². The summed E-state index contributed by atoms with van der Waals surface area (Å²) in [6.07, 6.45) is 3.28. The number of ketones is 1. The number of carbonyl (C=O) groups excluding carboxylic acids is 1. The molecule has 0 N–H and O–H groups in total. The first-order chi connectivity index (χ1) is 12.8. The van der Waals surface area contributed by atoms with Crippen molar-refractivity contribution in [2.24, 2.45) is 0 Å². The van der Waals surface area contributed by atoms with Gasteiger partial charge in [-0.05, 0) is 44.4 Å². The molecule has 0 saturated heterocycles. The van der Waals surface area contributed by atoms with Gasteiger partial charge in [0.25, 0.3) is 5.56 Å². The fourth-order valence-electron chi connectivity index (χ4n) is 2.97. The summed E-state index contributed by atoms with van der Waals surface area (Å²) in [5, 5.41) is 3.83. The molecule has 0 amide bonds. The summed E-state index contributed by atoms with van der Waals surface area (Å²) in [6.45, 7) is 3.63. The van der Waals surface area contributed by atoms with Gasteiger partial charge in [-0.15, -0.1) is 11.8 Å². The fourth-order valence-corrected chi connectivity index (χ4v) is 3.69. The number of Topliss-reactive ketones (excluding diaryl/α,β-unsaturated/α-hetero) is 1. The number of aromatic nitrogens is 3. The molecule has 0 saturated carbocycles. The van der Waals surface area contributed by atoms with Crippen molar-refractivity contribution in [1.29, 1.82) is 0 Å². The van der Waals surface area contributed by atoms with E-state index in [1.54, 1.807) is 11.8 Å². The molecule has 0 spiro atoms. The van der Waals surface area contributed by atoms with Gasteiger partial charge < -0.3 is 4.57 Å². The highest BCUT2D eigenvalue weighted by molar-refractivity contribution is 7.98. The van der Waals surface area contributed by atoms with Crippen LogP contribution in [0, 0.1) is 13.8 Å². The molecule has 0 unspecified atom stereocenters. The van der Waals surface area contributed by atoms with Crippen LogP contribution in [0.1, 0.15) is 21.7 Å². The third-order valence-corrected chi connectivity index (χ3v) is 5.75. The molecule has 1 aromatic carbocycles. The first-order valence-corrected chi connectivity index (χ1v) is 10.1. The monoisotopic (exact) mass is 421 g/mol. The third kappa shape index (κ3) is 3.83. The summed E-state index contributed by atoms with van der Waals surface area (Å²) >= 11 is 13.3. The first kappa shape index (κ1) is 19.7. The zero-order valence-electron chi connectivity index (χ0n) is 15.0. The standard InChI is InChI=1S/C19H17Cl2N3O2S/c1-11-7-15(12(2)24(11)13-5-4-6-14(8-13)27-3)17(25)10-23-19(26)18(21)16(20)9-22-23/h4-9H,10H2,1-3H3. The van der Waals surface area contributed by atoms with Crippen LogP contribution in [0.25, 0.3) is 5.69 Å². The predicted molar refractivity (Wildman–Crippen MR) is 110 cm³/mol. The van der Waals surface area contributed by atoms with Gasteiger partial charge in [-0.25, -0.2) is 4.68 Å². The fraction of sp³-hybridized carbons (Fsp3) is 0.211. The zero-order chi connectivity index (χ0) is 19.7. The van der Waals surface area contributed by atoms with Crippen LogP contribution in [0.5, 0.6) is 0 Å². The smallest absolute Gasteiger partial charge is 0.287 e. The van der Waals surface area contributed by atoms with Crippen LogP contribution < -0.4 is 5.56 Å². The molecule has 27 heavy (non-hydrogen) atoms. The average Bonchev–Trinajstić information content (AvgIpc) is 2.96. The van der Waals surface area contributed by atoms with Crippen molar-refractivity contribution in [2.45, 2.75) is 25.3 Å². The Labute approximate surface area is 170 Å². The maximum Gasteiger partial charge on any atom is 0.287 e. The van der Waals surface area contributed by atoms with Crippen molar-refractivity contribution in [2.75, 3.05) is 6.26 Å². The van der Waals surface area contributed by atoms with Gasteiger partial charge in [0.05, 0.1) is 11.2 Å². The highest BCUT2D eigenvalue weighted by atomic mass is 35.5.